The molecule has 0 aromatic rings. The lowest BCUT2D eigenvalue weighted by atomic mass is 10.2. The van der Waals surface area contributed by atoms with E-state index in [4.69, 9.17) is 14.6 Å². The number of rotatable bonds is 6. The van der Waals surface area contributed by atoms with Crippen molar-refractivity contribution in [2.24, 2.45) is 11.8 Å². The Morgan fingerprint density at radius 2 is 2.28 bits per heavy atom. The molecule has 0 unspecified atom stereocenters. The highest BCUT2D eigenvalue weighted by Crippen LogP contribution is 2.38. The van der Waals surface area contributed by atoms with E-state index >= 15 is 0 Å². The van der Waals surface area contributed by atoms with Gasteiger partial charge in [-0.25, -0.2) is 0 Å². The van der Waals surface area contributed by atoms with E-state index in [0.717, 1.165) is 13.0 Å². The molecule has 1 aliphatic heterocycles. The van der Waals surface area contributed by atoms with Crippen molar-refractivity contribution in [1.29, 1.82) is 0 Å². The molecule has 0 bridgehead atoms. The minimum atomic E-state index is -0.887. The number of hydrogen-bond acceptors (Lipinski definition) is 4. The predicted octanol–water partition coefficient (Wildman–Crippen LogP) is 0.0173. The van der Waals surface area contributed by atoms with Crippen molar-refractivity contribution in [3.63, 3.8) is 0 Å². The van der Waals surface area contributed by atoms with Crippen molar-refractivity contribution in [3.05, 3.63) is 0 Å². The minimum Gasteiger partial charge on any atom is -0.481 e. The Hall–Kier alpha value is -1.14. The topological polar surface area (TPSA) is 84.9 Å². The molecule has 18 heavy (non-hydrogen) atoms. The van der Waals surface area contributed by atoms with Crippen LogP contribution in [0.1, 0.15) is 19.8 Å². The maximum Gasteiger partial charge on any atom is 0.307 e. The van der Waals surface area contributed by atoms with Gasteiger partial charge in [0.05, 0.1) is 31.2 Å². The molecule has 6 nitrogen and oxygen atoms in total. The first-order valence-corrected chi connectivity index (χ1v) is 6.30. The van der Waals surface area contributed by atoms with Crippen molar-refractivity contribution in [3.8, 4) is 0 Å². The standard InChI is InChI=1S/C12H19NO5/c1-7(5-18-8-2-3-17-6-8)13-11(14)9-4-10(9)12(15)16/h7-10H,2-6H2,1H3,(H,13,14)(H,15,16)/t7-,8-,9-,10-/m1/s1. The second-order valence-corrected chi connectivity index (χ2v) is 5.02. The fraction of sp³-hybridized carbons (Fsp3) is 0.833. The van der Waals surface area contributed by atoms with Gasteiger partial charge in [0, 0.05) is 12.6 Å². The van der Waals surface area contributed by atoms with Crippen LogP contribution in [0.25, 0.3) is 0 Å². The number of aliphatic carboxylic acids is 1. The summed E-state index contributed by atoms with van der Waals surface area (Å²) in [5.74, 6) is -1.93. The second-order valence-electron chi connectivity index (χ2n) is 5.02. The van der Waals surface area contributed by atoms with Crippen LogP contribution in [0.5, 0.6) is 0 Å². The lowest BCUT2D eigenvalue weighted by Gasteiger charge is -2.16. The number of carboxylic acid groups (broad SMARTS) is 1. The highest BCUT2D eigenvalue weighted by molar-refractivity contribution is 5.89. The summed E-state index contributed by atoms with van der Waals surface area (Å²) in [5, 5.41) is 11.5. The lowest BCUT2D eigenvalue weighted by Crippen LogP contribution is -2.38. The molecule has 102 valence electrons. The van der Waals surface area contributed by atoms with Gasteiger partial charge in [0.2, 0.25) is 5.91 Å². The average Bonchev–Trinajstić information content (AvgIpc) is 2.97. The highest BCUT2D eigenvalue weighted by Gasteiger charge is 2.48. The molecule has 1 saturated carbocycles. The Morgan fingerprint density at radius 1 is 1.50 bits per heavy atom. The summed E-state index contributed by atoms with van der Waals surface area (Å²) in [7, 11) is 0. The van der Waals surface area contributed by atoms with E-state index in [0.29, 0.717) is 19.6 Å². The molecule has 2 rings (SSSR count). The van der Waals surface area contributed by atoms with Crippen molar-refractivity contribution >= 4 is 11.9 Å². The Bertz CT molecular complexity index is 326. The quantitative estimate of drug-likeness (QED) is 0.700. The molecule has 4 atom stereocenters. The number of carbonyl (C=O) groups excluding carboxylic acids is 1. The summed E-state index contributed by atoms with van der Waals surface area (Å²) in [5.41, 5.74) is 0. The lowest BCUT2D eigenvalue weighted by molar-refractivity contribution is -0.140. The summed E-state index contributed by atoms with van der Waals surface area (Å²) in [6.07, 6.45) is 1.47. The smallest absolute Gasteiger partial charge is 0.307 e. The van der Waals surface area contributed by atoms with E-state index in [-0.39, 0.29) is 24.0 Å². The van der Waals surface area contributed by atoms with E-state index in [1.807, 2.05) is 6.92 Å². The van der Waals surface area contributed by atoms with Crippen molar-refractivity contribution in [1.82, 2.24) is 5.32 Å². The van der Waals surface area contributed by atoms with E-state index < -0.39 is 11.9 Å². The van der Waals surface area contributed by atoms with Crippen LogP contribution in [0.2, 0.25) is 0 Å². The van der Waals surface area contributed by atoms with Crippen LogP contribution in [0.15, 0.2) is 0 Å². The van der Waals surface area contributed by atoms with Gasteiger partial charge in [0.15, 0.2) is 0 Å². The monoisotopic (exact) mass is 257 g/mol. The summed E-state index contributed by atoms with van der Waals surface area (Å²) in [6, 6.07) is -0.104. The molecule has 0 aromatic carbocycles. The molecule has 2 fully saturated rings. The van der Waals surface area contributed by atoms with E-state index in [2.05, 4.69) is 5.32 Å². The van der Waals surface area contributed by atoms with Gasteiger partial charge in [0.1, 0.15) is 0 Å². The maximum atomic E-state index is 11.7. The summed E-state index contributed by atoms with van der Waals surface area (Å²) >= 11 is 0. The van der Waals surface area contributed by atoms with Gasteiger partial charge in [-0.2, -0.15) is 0 Å². The van der Waals surface area contributed by atoms with Crippen LogP contribution in [0.3, 0.4) is 0 Å². The van der Waals surface area contributed by atoms with Crippen LogP contribution in [-0.4, -0.2) is 48.9 Å². The first-order chi connectivity index (χ1) is 8.58. The molecule has 0 radical (unpaired) electrons. The maximum absolute atomic E-state index is 11.7. The summed E-state index contributed by atoms with van der Waals surface area (Å²) in [6.45, 7) is 3.63. The zero-order chi connectivity index (χ0) is 13.1. The first kappa shape index (κ1) is 13.3. The SMILES string of the molecule is C[C@H](CO[C@@H]1CCOC1)NC(=O)[C@@H]1C[C@H]1C(=O)O. The van der Waals surface area contributed by atoms with E-state index in [9.17, 15) is 9.59 Å². The molecule has 1 aliphatic carbocycles. The number of ether oxygens (including phenoxy) is 2. The number of carboxylic acids is 1. The molecule has 2 aliphatic rings. The Kier molecular flexibility index (Phi) is 4.19. The van der Waals surface area contributed by atoms with Crippen LogP contribution < -0.4 is 5.32 Å². The third kappa shape index (κ3) is 3.43. The van der Waals surface area contributed by atoms with Gasteiger partial charge in [-0.05, 0) is 19.8 Å². The van der Waals surface area contributed by atoms with Crippen LogP contribution >= 0.6 is 0 Å². The number of amides is 1. The second kappa shape index (κ2) is 5.67. The molecular formula is C12H19NO5. The van der Waals surface area contributed by atoms with Crippen molar-refractivity contribution in [2.45, 2.75) is 31.9 Å². The normalized spacial score (nSPS) is 31.9. The predicted molar refractivity (Wildman–Crippen MR) is 62.0 cm³/mol. The molecule has 2 N–H and O–H groups in total. The average molecular weight is 257 g/mol. The first-order valence-electron chi connectivity index (χ1n) is 6.30. The van der Waals surface area contributed by atoms with E-state index in [1.165, 1.54) is 0 Å². The minimum absolute atomic E-state index is 0.104. The van der Waals surface area contributed by atoms with E-state index in [1.54, 1.807) is 0 Å². The van der Waals surface area contributed by atoms with Crippen LogP contribution in [0.4, 0.5) is 0 Å². The third-order valence-corrected chi connectivity index (χ3v) is 3.30. The third-order valence-electron chi connectivity index (χ3n) is 3.30. The summed E-state index contributed by atoms with van der Waals surface area (Å²) < 4.78 is 10.8. The summed E-state index contributed by atoms with van der Waals surface area (Å²) in [4.78, 5) is 22.3. The van der Waals surface area contributed by atoms with Crippen LogP contribution in [-0.2, 0) is 19.1 Å². The molecule has 6 heteroatoms. The van der Waals surface area contributed by atoms with Gasteiger partial charge in [-0.15, -0.1) is 0 Å². The fourth-order valence-corrected chi connectivity index (χ4v) is 2.07. The fourth-order valence-electron chi connectivity index (χ4n) is 2.07. The highest BCUT2D eigenvalue weighted by atomic mass is 16.5. The molecule has 1 amide bonds. The van der Waals surface area contributed by atoms with Crippen molar-refractivity contribution < 1.29 is 24.2 Å². The Balaban J connectivity index is 1.63. The molecular weight excluding hydrogens is 238 g/mol. The Labute approximate surface area is 106 Å². The van der Waals surface area contributed by atoms with Gasteiger partial charge in [-0.3, -0.25) is 9.59 Å². The Morgan fingerprint density at radius 3 is 2.83 bits per heavy atom. The van der Waals surface area contributed by atoms with Gasteiger partial charge < -0.3 is 19.9 Å². The van der Waals surface area contributed by atoms with Crippen LogP contribution in [0, 0.1) is 11.8 Å². The molecule has 0 aromatic heterocycles. The zero-order valence-electron chi connectivity index (χ0n) is 10.4. The molecule has 1 heterocycles. The number of carbonyl (C=O) groups is 2. The van der Waals surface area contributed by atoms with Crippen molar-refractivity contribution in [2.75, 3.05) is 19.8 Å². The molecule has 1 saturated heterocycles. The van der Waals surface area contributed by atoms with Gasteiger partial charge in [0.25, 0.3) is 0 Å². The van der Waals surface area contributed by atoms with Gasteiger partial charge >= 0.3 is 5.97 Å². The van der Waals surface area contributed by atoms with Gasteiger partial charge in [-0.1, -0.05) is 0 Å². The largest absolute Gasteiger partial charge is 0.481 e. The molecule has 0 spiro atoms. The zero-order valence-corrected chi connectivity index (χ0v) is 10.4. The number of nitrogens with one attached hydrogen (secondary N) is 1. The number of hydrogen-bond donors (Lipinski definition) is 2.